The van der Waals surface area contributed by atoms with Crippen LogP contribution < -0.4 is 10.6 Å². The van der Waals surface area contributed by atoms with Crippen molar-refractivity contribution < 1.29 is 4.79 Å². The van der Waals surface area contributed by atoms with Crippen LogP contribution >= 0.6 is 12.4 Å². The minimum Gasteiger partial charge on any atom is -0.335 e. The third-order valence-corrected chi connectivity index (χ3v) is 3.31. The molecule has 2 aliphatic rings. The highest BCUT2D eigenvalue weighted by Crippen LogP contribution is 2.10. The first-order valence-electron chi connectivity index (χ1n) is 6.12. The predicted molar refractivity (Wildman–Crippen MR) is 67.1 cm³/mol. The average Bonchev–Trinajstić information content (AvgIpc) is 2.31. The Labute approximate surface area is 104 Å². The van der Waals surface area contributed by atoms with Crippen molar-refractivity contribution in [2.45, 2.75) is 38.1 Å². The lowest BCUT2D eigenvalue weighted by Crippen LogP contribution is -2.49. The number of rotatable bonds is 1. The van der Waals surface area contributed by atoms with Crippen molar-refractivity contribution in [3.05, 3.63) is 0 Å². The van der Waals surface area contributed by atoms with E-state index in [1.807, 2.05) is 4.90 Å². The smallest absolute Gasteiger partial charge is 0.317 e. The van der Waals surface area contributed by atoms with Crippen molar-refractivity contribution in [3.8, 4) is 0 Å². The van der Waals surface area contributed by atoms with E-state index in [0.29, 0.717) is 6.04 Å². The van der Waals surface area contributed by atoms with E-state index in [-0.39, 0.29) is 18.4 Å². The Morgan fingerprint density at radius 2 is 1.75 bits per heavy atom. The summed E-state index contributed by atoms with van der Waals surface area (Å²) >= 11 is 0. The zero-order valence-electron chi connectivity index (χ0n) is 9.71. The highest BCUT2D eigenvalue weighted by atomic mass is 35.5. The molecule has 0 bridgehead atoms. The number of urea groups is 1. The van der Waals surface area contributed by atoms with Gasteiger partial charge in [-0.15, -0.1) is 12.4 Å². The Hall–Kier alpha value is -0.480. The second-order valence-electron chi connectivity index (χ2n) is 4.52. The number of hydrogen-bond donors (Lipinski definition) is 2. The molecule has 2 aliphatic heterocycles. The van der Waals surface area contributed by atoms with Gasteiger partial charge < -0.3 is 15.5 Å². The third kappa shape index (κ3) is 3.83. The van der Waals surface area contributed by atoms with Crippen molar-refractivity contribution in [1.82, 2.24) is 15.5 Å². The van der Waals surface area contributed by atoms with Gasteiger partial charge in [-0.3, -0.25) is 0 Å². The van der Waals surface area contributed by atoms with Crippen LogP contribution in [0.25, 0.3) is 0 Å². The lowest BCUT2D eigenvalue weighted by atomic mass is 10.1. The molecular formula is C11H22ClN3O. The summed E-state index contributed by atoms with van der Waals surface area (Å²) in [7, 11) is 0. The molecule has 0 spiro atoms. The predicted octanol–water partition coefficient (Wildman–Crippen LogP) is 1.36. The minimum absolute atomic E-state index is 0. The SMILES string of the molecule is Cl.O=C(NC1CCNCC1)N1CCCCC1. The molecule has 2 fully saturated rings. The molecule has 2 N–H and O–H groups in total. The molecule has 0 aromatic heterocycles. The number of carbonyl (C=O) groups is 1. The highest BCUT2D eigenvalue weighted by Gasteiger charge is 2.20. The number of likely N-dealkylation sites (tertiary alicyclic amines) is 1. The van der Waals surface area contributed by atoms with Crippen molar-refractivity contribution in [2.24, 2.45) is 0 Å². The summed E-state index contributed by atoms with van der Waals surface area (Å²) in [6.45, 7) is 3.95. The molecule has 0 aliphatic carbocycles. The van der Waals surface area contributed by atoms with Crippen LogP contribution in [0.2, 0.25) is 0 Å². The van der Waals surface area contributed by atoms with E-state index >= 15 is 0 Å². The first kappa shape index (κ1) is 13.6. The van der Waals surface area contributed by atoms with Crippen molar-refractivity contribution >= 4 is 18.4 Å². The van der Waals surface area contributed by atoms with Crippen molar-refractivity contribution in [1.29, 1.82) is 0 Å². The normalized spacial score (nSPS) is 22.4. The molecule has 0 radical (unpaired) electrons. The standard InChI is InChI=1S/C11H21N3O.ClH/c15-11(14-8-2-1-3-9-14)13-10-4-6-12-7-5-10;/h10,12H,1-9H2,(H,13,15);1H. The second-order valence-corrected chi connectivity index (χ2v) is 4.52. The summed E-state index contributed by atoms with van der Waals surface area (Å²) in [6.07, 6.45) is 5.75. The van der Waals surface area contributed by atoms with Crippen molar-refractivity contribution in [3.63, 3.8) is 0 Å². The zero-order chi connectivity index (χ0) is 10.5. The molecule has 2 heterocycles. The molecule has 0 unspecified atom stereocenters. The van der Waals surface area contributed by atoms with Crippen LogP contribution in [0.1, 0.15) is 32.1 Å². The summed E-state index contributed by atoms with van der Waals surface area (Å²) in [5, 5.41) is 6.44. The average molecular weight is 248 g/mol. The quantitative estimate of drug-likeness (QED) is 0.735. The fourth-order valence-electron chi connectivity index (χ4n) is 2.33. The molecule has 94 valence electrons. The summed E-state index contributed by atoms with van der Waals surface area (Å²) in [5.41, 5.74) is 0. The van der Waals surface area contributed by atoms with E-state index in [9.17, 15) is 4.79 Å². The Balaban J connectivity index is 0.00000128. The van der Waals surface area contributed by atoms with Gasteiger partial charge in [-0.2, -0.15) is 0 Å². The van der Waals surface area contributed by atoms with Crippen LogP contribution in [0, 0.1) is 0 Å². The van der Waals surface area contributed by atoms with E-state index in [1.54, 1.807) is 0 Å². The molecule has 0 saturated carbocycles. The molecule has 2 rings (SSSR count). The van der Waals surface area contributed by atoms with Gasteiger partial charge in [0, 0.05) is 19.1 Å². The van der Waals surface area contributed by atoms with E-state index in [2.05, 4.69) is 10.6 Å². The fraction of sp³-hybridized carbons (Fsp3) is 0.909. The second kappa shape index (κ2) is 6.97. The molecule has 5 heteroatoms. The summed E-state index contributed by atoms with van der Waals surface area (Å²) in [6, 6.07) is 0.544. The van der Waals surface area contributed by atoms with E-state index in [4.69, 9.17) is 0 Å². The maximum absolute atomic E-state index is 11.9. The molecule has 0 atom stereocenters. The summed E-state index contributed by atoms with van der Waals surface area (Å²) in [4.78, 5) is 13.8. The van der Waals surface area contributed by atoms with Gasteiger partial charge in [0.15, 0.2) is 0 Å². The van der Waals surface area contributed by atoms with E-state index in [0.717, 1.165) is 39.0 Å². The van der Waals surface area contributed by atoms with Gasteiger partial charge in [0.1, 0.15) is 0 Å². The number of halogens is 1. The lowest BCUT2D eigenvalue weighted by Gasteiger charge is -2.30. The molecule has 2 saturated heterocycles. The molecule has 0 aromatic rings. The van der Waals surface area contributed by atoms with Crippen LogP contribution in [0.15, 0.2) is 0 Å². The Morgan fingerprint density at radius 1 is 1.12 bits per heavy atom. The Morgan fingerprint density at radius 3 is 2.38 bits per heavy atom. The molecule has 0 aromatic carbocycles. The lowest BCUT2D eigenvalue weighted by molar-refractivity contribution is 0.180. The van der Waals surface area contributed by atoms with Gasteiger partial charge in [0.2, 0.25) is 0 Å². The maximum atomic E-state index is 11.9. The molecule has 16 heavy (non-hydrogen) atoms. The Bertz CT molecular complexity index is 213. The van der Waals surface area contributed by atoms with Crippen molar-refractivity contribution in [2.75, 3.05) is 26.2 Å². The van der Waals surface area contributed by atoms with Crippen LogP contribution in [0.4, 0.5) is 4.79 Å². The number of carbonyl (C=O) groups excluding carboxylic acids is 1. The number of nitrogens with zero attached hydrogens (tertiary/aromatic N) is 1. The topological polar surface area (TPSA) is 44.4 Å². The largest absolute Gasteiger partial charge is 0.335 e. The van der Waals surface area contributed by atoms with Crippen LogP contribution in [-0.2, 0) is 0 Å². The molecular weight excluding hydrogens is 226 g/mol. The van der Waals surface area contributed by atoms with E-state index in [1.165, 1.54) is 19.3 Å². The van der Waals surface area contributed by atoms with Gasteiger partial charge >= 0.3 is 6.03 Å². The van der Waals surface area contributed by atoms with Crippen LogP contribution in [0.3, 0.4) is 0 Å². The first-order valence-corrected chi connectivity index (χ1v) is 6.12. The van der Waals surface area contributed by atoms with Crippen LogP contribution in [-0.4, -0.2) is 43.2 Å². The zero-order valence-corrected chi connectivity index (χ0v) is 10.5. The van der Waals surface area contributed by atoms with Crippen LogP contribution in [0.5, 0.6) is 0 Å². The minimum atomic E-state index is 0. The number of hydrogen-bond acceptors (Lipinski definition) is 2. The van der Waals surface area contributed by atoms with Gasteiger partial charge in [-0.1, -0.05) is 0 Å². The highest BCUT2D eigenvalue weighted by molar-refractivity contribution is 5.85. The first-order chi connectivity index (χ1) is 7.36. The monoisotopic (exact) mass is 247 g/mol. The van der Waals surface area contributed by atoms with Gasteiger partial charge in [0.25, 0.3) is 0 Å². The molecule has 4 nitrogen and oxygen atoms in total. The number of nitrogens with one attached hydrogen (secondary N) is 2. The number of piperidine rings is 2. The van der Waals surface area contributed by atoms with Gasteiger partial charge in [-0.05, 0) is 45.2 Å². The Kier molecular flexibility index (Phi) is 5.91. The van der Waals surface area contributed by atoms with Gasteiger partial charge in [-0.25, -0.2) is 4.79 Å². The fourth-order valence-corrected chi connectivity index (χ4v) is 2.33. The third-order valence-electron chi connectivity index (χ3n) is 3.31. The van der Waals surface area contributed by atoms with Gasteiger partial charge in [0.05, 0.1) is 0 Å². The number of amides is 2. The molecule has 2 amide bonds. The summed E-state index contributed by atoms with van der Waals surface area (Å²) in [5.74, 6) is 0. The van der Waals surface area contributed by atoms with E-state index < -0.39 is 0 Å². The maximum Gasteiger partial charge on any atom is 0.317 e. The summed E-state index contributed by atoms with van der Waals surface area (Å²) < 4.78 is 0.